The van der Waals surface area contributed by atoms with Crippen molar-refractivity contribution in [2.24, 2.45) is 5.73 Å². The van der Waals surface area contributed by atoms with Crippen LogP contribution >= 0.6 is 24.8 Å². The van der Waals surface area contributed by atoms with Gasteiger partial charge in [0.15, 0.2) is 0 Å². The van der Waals surface area contributed by atoms with Gasteiger partial charge in [-0.2, -0.15) is 0 Å². The number of carbonyl (C=O) groups excluding carboxylic acids is 1. The number of aryl methyl sites for hydroxylation is 3. The minimum absolute atomic E-state index is 0. The molecule has 1 fully saturated rings. The van der Waals surface area contributed by atoms with Crippen molar-refractivity contribution < 1.29 is 4.79 Å². The number of benzene rings is 2. The second-order valence-electron chi connectivity index (χ2n) is 8.53. The van der Waals surface area contributed by atoms with Crippen LogP contribution in [-0.2, 0) is 19.4 Å². The Labute approximate surface area is 209 Å². The summed E-state index contributed by atoms with van der Waals surface area (Å²) in [6.45, 7) is 4.30. The summed E-state index contributed by atoms with van der Waals surface area (Å²) in [5, 5.41) is 0. The van der Waals surface area contributed by atoms with E-state index in [2.05, 4.69) is 54.4 Å². The molecule has 4 nitrogen and oxygen atoms in total. The molecule has 4 rings (SSSR count). The summed E-state index contributed by atoms with van der Waals surface area (Å²) in [4.78, 5) is 19.4. The molecule has 0 unspecified atom stereocenters. The average Bonchev–Trinajstić information content (AvgIpc) is 2.83. The number of hydrogen-bond acceptors (Lipinski definition) is 3. The largest absolute Gasteiger partial charge is 0.339 e. The molecule has 0 aliphatic carbocycles. The summed E-state index contributed by atoms with van der Waals surface area (Å²) < 4.78 is 0. The van der Waals surface area contributed by atoms with Crippen molar-refractivity contribution in [2.45, 2.75) is 45.1 Å². The minimum atomic E-state index is 0. The lowest BCUT2D eigenvalue weighted by molar-refractivity contribution is 0.0712. The first kappa shape index (κ1) is 26.8. The molecule has 1 saturated heterocycles. The molecular weight excluding hydrogens is 453 g/mol. The van der Waals surface area contributed by atoms with E-state index in [1.54, 1.807) is 6.20 Å². The lowest BCUT2D eigenvalue weighted by atomic mass is 9.85. The van der Waals surface area contributed by atoms with Gasteiger partial charge in [-0.3, -0.25) is 9.78 Å². The highest BCUT2D eigenvalue weighted by atomic mass is 35.5. The topological polar surface area (TPSA) is 59.2 Å². The van der Waals surface area contributed by atoms with Crippen LogP contribution in [0.4, 0.5) is 0 Å². The Kier molecular flexibility index (Phi) is 10.4. The summed E-state index contributed by atoms with van der Waals surface area (Å²) in [6.07, 6.45) is 7.39. The van der Waals surface area contributed by atoms with E-state index in [0.717, 1.165) is 44.3 Å². The third-order valence-corrected chi connectivity index (χ3v) is 6.39. The van der Waals surface area contributed by atoms with Crippen LogP contribution in [0.3, 0.4) is 0 Å². The van der Waals surface area contributed by atoms with Gasteiger partial charge >= 0.3 is 0 Å². The third-order valence-electron chi connectivity index (χ3n) is 6.39. The van der Waals surface area contributed by atoms with Gasteiger partial charge in [-0.25, -0.2) is 0 Å². The molecule has 1 aromatic heterocycles. The monoisotopic (exact) mass is 485 g/mol. The van der Waals surface area contributed by atoms with Crippen molar-refractivity contribution in [3.05, 3.63) is 100 Å². The van der Waals surface area contributed by atoms with Gasteiger partial charge in [-0.05, 0) is 72.4 Å². The Morgan fingerprint density at radius 2 is 1.64 bits per heavy atom. The van der Waals surface area contributed by atoms with Gasteiger partial charge in [0.1, 0.15) is 0 Å². The van der Waals surface area contributed by atoms with E-state index in [-0.39, 0.29) is 30.7 Å². The number of amides is 1. The van der Waals surface area contributed by atoms with Crippen LogP contribution in [0.2, 0.25) is 0 Å². The van der Waals surface area contributed by atoms with Crippen LogP contribution < -0.4 is 5.73 Å². The maximum atomic E-state index is 13.1. The molecule has 2 aromatic carbocycles. The number of hydrogen-bond donors (Lipinski definition) is 1. The summed E-state index contributed by atoms with van der Waals surface area (Å²) >= 11 is 0. The van der Waals surface area contributed by atoms with Crippen LogP contribution in [0.25, 0.3) is 0 Å². The fourth-order valence-corrected chi connectivity index (χ4v) is 4.51. The predicted molar refractivity (Wildman–Crippen MR) is 140 cm³/mol. The second kappa shape index (κ2) is 12.7. The number of nitrogens with two attached hydrogens (primary N) is 1. The highest BCUT2D eigenvalue weighted by Crippen LogP contribution is 2.31. The fourth-order valence-electron chi connectivity index (χ4n) is 4.51. The van der Waals surface area contributed by atoms with Gasteiger partial charge < -0.3 is 10.6 Å². The number of carbonyl (C=O) groups is 1. The number of aromatic nitrogens is 1. The number of piperidine rings is 1. The zero-order valence-corrected chi connectivity index (χ0v) is 20.7. The van der Waals surface area contributed by atoms with Gasteiger partial charge in [0, 0.05) is 32.0 Å². The molecule has 0 bridgehead atoms. The Bertz CT molecular complexity index is 1030. The van der Waals surface area contributed by atoms with Crippen molar-refractivity contribution in [1.29, 1.82) is 0 Å². The molecule has 0 atom stereocenters. The van der Waals surface area contributed by atoms with Gasteiger partial charge in [-0.1, -0.05) is 48.5 Å². The van der Waals surface area contributed by atoms with Crippen molar-refractivity contribution in [1.82, 2.24) is 9.88 Å². The van der Waals surface area contributed by atoms with Crippen molar-refractivity contribution in [3.8, 4) is 0 Å². The molecular formula is C27H33Cl2N3O. The molecule has 176 valence electrons. The molecule has 0 spiro atoms. The molecule has 1 aliphatic rings. The Hall–Kier alpha value is -2.40. The molecule has 6 heteroatoms. The van der Waals surface area contributed by atoms with Crippen molar-refractivity contribution >= 4 is 30.7 Å². The van der Waals surface area contributed by atoms with Crippen LogP contribution in [0.5, 0.6) is 0 Å². The Morgan fingerprint density at radius 3 is 2.33 bits per heavy atom. The van der Waals surface area contributed by atoms with E-state index in [1.807, 2.05) is 23.2 Å². The summed E-state index contributed by atoms with van der Waals surface area (Å²) in [5.41, 5.74) is 12.8. The number of halogens is 2. The number of rotatable bonds is 6. The maximum absolute atomic E-state index is 13.1. The SMILES string of the molecule is Cc1ccc(CN)cc1C1CCN(C(=O)c2cncc(CCc3ccccc3)c2)CC1.Cl.Cl. The van der Waals surface area contributed by atoms with Gasteiger partial charge in [0.25, 0.3) is 5.91 Å². The van der Waals surface area contributed by atoms with Gasteiger partial charge in [0.05, 0.1) is 5.56 Å². The molecule has 33 heavy (non-hydrogen) atoms. The normalized spacial score (nSPS) is 13.7. The van der Waals surface area contributed by atoms with Crippen molar-refractivity contribution in [2.75, 3.05) is 13.1 Å². The maximum Gasteiger partial charge on any atom is 0.255 e. The number of likely N-dealkylation sites (tertiary alicyclic amines) is 1. The first-order valence-corrected chi connectivity index (χ1v) is 11.2. The Balaban J connectivity index is 0.00000193. The highest BCUT2D eigenvalue weighted by Gasteiger charge is 2.25. The quantitative estimate of drug-likeness (QED) is 0.501. The van der Waals surface area contributed by atoms with Gasteiger partial charge in [-0.15, -0.1) is 24.8 Å². The van der Waals surface area contributed by atoms with Gasteiger partial charge in [0.2, 0.25) is 0 Å². The zero-order valence-electron chi connectivity index (χ0n) is 19.1. The van der Waals surface area contributed by atoms with E-state index < -0.39 is 0 Å². The standard InChI is InChI=1S/C27H31N3O.2ClH/c1-20-7-8-22(17-28)16-26(20)24-11-13-30(14-12-24)27(31)25-15-23(18-29-19-25)10-9-21-5-3-2-4-6-21;;/h2-8,15-16,18-19,24H,9-14,17,28H2,1H3;2*1H. The Morgan fingerprint density at radius 1 is 0.939 bits per heavy atom. The third kappa shape index (κ3) is 6.80. The number of pyridine rings is 1. The first-order valence-electron chi connectivity index (χ1n) is 11.2. The van der Waals surface area contributed by atoms with E-state index in [9.17, 15) is 4.79 Å². The predicted octanol–water partition coefficient (Wildman–Crippen LogP) is 5.50. The molecule has 0 radical (unpaired) electrons. The van der Waals surface area contributed by atoms with E-state index in [0.29, 0.717) is 18.0 Å². The molecule has 1 amide bonds. The van der Waals surface area contributed by atoms with Crippen LogP contribution in [0.1, 0.15) is 56.9 Å². The fraction of sp³-hybridized carbons (Fsp3) is 0.333. The van der Waals surface area contributed by atoms with Crippen LogP contribution in [0.15, 0.2) is 67.0 Å². The van der Waals surface area contributed by atoms with E-state index in [1.165, 1.54) is 22.3 Å². The molecule has 2 N–H and O–H groups in total. The lowest BCUT2D eigenvalue weighted by Crippen LogP contribution is -2.38. The van der Waals surface area contributed by atoms with E-state index >= 15 is 0 Å². The average molecular weight is 486 g/mol. The van der Waals surface area contributed by atoms with E-state index in [4.69, 9.17) is 5.73 Å². The molecule has 0 saturated carbocycles. The summed E-state index contributed by atoms with van der Waals surface area (Å²) in [7, 11) is 0. The summed E-state index contributed by atoms with van der Waals surface area (Å²) in [6, 6.07) is 19.0. The highest BCUT2D eigenvalue weighted by molar-refractivity contribution is 5.94. The van der Waals surface area contributed by atoms with Crippen LogP contribution in [-0.4, -0.2) is 28.9 Å². The molecule has 1 aliphatic heterocycles. The summed E-state index contributed by atoms with van der Waals surface area (Å²) in [5.74, 6) is 0.589. The molecule has 3 aromatic rings. The zero-order chi connectivity index (χ0) is 21.6. The second-order valence-corrected chi connectivity index (χ2v) is 8.53. The molecule has 2 heterocycles. The lowest BCUT2D eigenvalue weighted by Gasteiger charge is -2.33. The first-order chi connectivity index (χ1) is 15.1. The van der Waals surface area contributed by atoms with Crippen LogP contribution in [0, 0.1) is 6.92 Å². The number of nitrogens with zero attached hydrogens (tertiary/aromatic N) is 2. The smallest absolute Gasteiger partial charge is 0.255 e. The van der Waals surface area contributed by atoms with Crippen molar-refractivity contribution in [3.63, 3.8) is 0 Å². The minimum Gasteiger partial charge on any atom is -0.339 e.